The van der Waals surface area contributed by atoms with Crippen molar-refractivity contribution in [2.75, 3.05) is 12.4 Å². The molecule has 3 rings (SSSR count). The van der Waals surface area contributed by atoms with Crippen LogP contribution < -0.4 is 26.6 Å². The molecular weight excluding hydrogens is 414 g/mol. The average Bonchev–Trinajstić information content (AvgIpc) is 2.63. The lowest BCUT2D eigenvalue weighted by Gasteiger charge is -2.12. The quantitative estimate of drug-likeness (QED) is 0.478. The number of rotatable bonds is 3. The monoisotopic (exact) mass is 424 g/mol. The molecule has 0 saturated heterocycles. The lowest BCUT2D eigenvalue weighted by molar-refractivity contribution is 0.0966. The van der Waals surface area contributed by atoms with Crippen molar-refractivity contribution in [1.29, 1.82) is 0 Å². The normalized spacial score (nSPS) is 10.6. The smallest absolute Gasteiger partial charge is 0.326 e. The average molecular weight is 425 g/mol. The van der Waals surface area contributed by atoms with Crippen LogP contribution in [0.3, 0.4) is 0 Å². The lowest BCUT2D eigenvalue weighted by Crippen LogP contribution is -2.34. The Labute approximate surface area is 164 Å². The van der Waals surface area contributed by atoms with E-state index in [0.717, 1.165) is 0 Å². The number of carbonyl (C=O) groups is 2. The molecule has 3 aromatic rings. The highest BCUT2D eigenvalue weighted by atomic mass is 35.5. The maximum atomic E-state index is 13.3. The number of benzene rings is 2. The largest absolute Gasteiger partial charge is 0.495 e. The number of nitrogens with one attached hydrogen (secondary N) is 4. The molecule has 0 aliphatic carbocycles. The maximum Gasteiger partial charge on any atom is 0.326 e. The Bertz CT molecular complexity index is 1270. The van der Waals surface area contributed by atoms with Crippen molar-refractivity contribution in [3.63, 3.8) is 0 Å². The van der Waals surface area contributed by atoms with Crippen LogP contribution in [-0.2, 0) is 0 Å². The first-order chi connectivity index (χ1) is 13.7. The Morgan fingerprint density at radius 2 is 1.76 bits per heavy atom. The predicted molar refractivity (Wildman–Crippen MR) is 99.6 cm³/mol. The Hall–Kier alpha value is -3.73. The first-order valence-electron chi connectivity index (χ1n) is 7.81. The third kappa shape index (κ3) is 4.09. The van der Waals surface area contributed by atoms with Gasteiger partial charge in [0.25, 0.3) is 11.5 Å². The maximum absolute atomic E-state index is 13.3. The van der Waals surface area contributed by atoms with Crippen LogP contribution in [0.2, 0.25) is 5.02 Å². The van der Waals surface area contributed by atoms with Crippen molar-refractivity contribution >= 4 is 40.1 Å². The predicted octanol–water partition coefficient (Wildman–Crippen LogP) is 2.12. The number of imide groups is 1. The number of hydrogen-bond acceptors (Lipinski definition) is 5. The van der Waals surface area contributed by atoms with Gasteiger partial charge in [0.1, 0.15) is 5.75 Å². The number of methoxy groups -OCH3 is 1. The molecule has 0 aliphatic heterocycles. The van der Waals surface area contributed by atoms with Gasteiger partial charge in [-0.25, -0.2) is 18.4 Å². The summed E-state index contributed by atoms with van der Waals surface area (Å²) in [7, 11) is 1.27. The van der Waals surface area contributed by atoms with Crippen molar-refractivity contribution < 1.29 is 23.1 Å². The molecule has 9 nitrogen and oxygen atoms in total. The summed E-state index contributed by atoms with van der Waals surface area (Å²) in [6.45, 7) is 0. The number of hydrogen-bond donors (Lipinski definition) is 4. The molecule has 12 heteroatoms. The first-order valence-corrected chi connectivity index (χ1v) is 8.18. The molecule has 0 aliphatic rings. The summed E-state index contributed by atoms with van der Waals surface area (Å²) in [6.07, 6.45) is 0. The zero-order chi connectivity index (χ0) is 21.3. The molecular formula is C17H11ClF2N4O5. The van der Waals surface area contributed by atoms with Crippen molar-refractivity contribution in [3.05, 3.63) is 67.3 Å². The van der Waals surface area contributed by atoms with Crippen molar-refractivity contribution in [2.24, 2.45) is 0 Å². The number of aromatic nitrogens is 2. The van der Waals surface area contributed by atoms with Crippen LogP contribution in [0.1, 0.15) is 10.4 Å². The van der Waals surface area contributed by atoms with Crippen molar-refractivity contribution in [3.8, 4) is 5.75 Å². The van der Waals surface area contributed by atoms with Gasteiger partial charge in [0, 0.05) is 0 Å². The molecule has 29 heavy (non-hydrogen) atoms. The lowest BCUT2D eigenvalue weighted by atomic mass is 10.2. The Balaban J connectivity index is 1.88. The van der Waals surface area contributed by atoms with Gasteiger partial charge in [-0.1, -0.05) is 11.6 Å². The standard InChI is InChI=1S/C17H11ClF2N4O5/c1-29-13-3-7-11(21-16(27)24-15(7)26)5-12(13)22-17(28)23-14(25)6-2-9(19)10(20)4-8(6)18/h2-5H,1H3,(H2,21,24,26,27)(H2,22,23,25,28). The van der Waals surface area contributed by atoms with Gasteiger partial charge in [0.15, 0.2) is 11.6 Å². The molecule has 150 valence electrons. The summed E-state index contributed by atoms with van der Waals surface area (Å²) in [4.78, 5) is 52.0. The van der Waals surface area contributed by atoms with Gasteiger partial charge >= 0.3 is 11.7 Å². The summed E-state index contributed by atoms with van der Waals surface area (Å²) in [5.74, 6) is -3.59. The third-order valence-corrected chi connectivity index (χ3v) is 4.10. The van der Waals surface area contributed by atoms with Crippen LogP contribution in [0, 0.1) is 11.6 Å². The molecule has 0 saturated carbocycles. The van der Waals surface area contributed by atoms with E-state index in [1.807, 2.05) is 10.3 Å². The van der Waals surface area contributed by atoms with E-state index in [1.165, 1.54) is 19.2 Å². The SMILES string of the molecule is COc1cc2c(=O)[nH]c(=O)[nH]c2cc1NC(=O)NC(=O)c1cc(F)c(F)cc1Cl. The highest BCUT2D eigenvalue weighted by molar-refractivity contribution is 6.34. The summed E-state index contributed by atoms with van der Waals surface area (Å²) in [6, 6.07) is 2.62. The van der Waals surface area contributed by atoms with Gasteiger partial charge in [0.2, 0.25) is 0 Å². The minimum atomic E-state index is -1.31. The zero-order valence-electron chi connectivity index (χ0n) is 14.5. The van der Waals surface area contributed by atoms with Crippen LogP contribution in [0.4, 0.5) is 19.3 Å². The molecule has 0 atom stereocenters. The molecule has 1 heterocycles. The number of aromatic amines is 2. The molecule has 0 bridgehead atoms. The van der Waals surface area contributed by atoms with E-state index >= 15 is 0 Å². The summed E-state index contributed by atoms with van der Waals surface area (Å²) >= 11 is 5.70. The van der Waals surface area contributed by atoms with E-state index in [-0.39, 0.29) is 22.3 Å². The van der Waals surface area contributed by atoms with E-state index < -0.39 is 45.4 Å². The summed E-state index contributed by atoms with van der Waals surface area (Å²) in [5, 5.41) is 3.89. The van der Waals surface area contributed by atoms with E-state index in [0.29, 0.717) is 12.1 Å². The highest BCUT2D eigenvalue weighted by Crippen LogP contribution is 2.27. The van der Waals surface area contributed by atoms with Gasteiger partial charge in [0.05, 0.1) is 34.3 Å². The molecule has 3 amide bonds. The number of H-pyrrole nitrogens is 2. The fourth-order valence-corrected chi connectivity index (χ4v) is 2.72. The van der Waals surface area contributed by atoms with Gasteiger partial charge in [-0.3, -0.25) is 19.9 Å². The Kier molecular flexibility index (Phi) is 5.33. The fourth-order valence-electron chi connectivity index (χ4n) is 2.48. The van der Waals surface area contributed by atoms with E-state index in [2.05, 4.69) is 10.3 Å². The van der Waals surface area contributed by atoms with Crippen LogP contribution in [0.5, 0.6) is 5.75 Å². The number of fused-ring (bicyclic) bond motifs is 1. The molecule has 0 unspecified atom stereocenters. The zero-order valence-corrected chi connectivity index (χ0v) is 15.2. The second kappa shape index (κ2) is 7.72. The number of halogens is 3. The van der Waals surface area contributed by atoms with Crippen LogP contribution in [-0.4, -0.2) is 29.0 Å². The number of anilines is 1. The van der Waals surface area contributed by atoms with Crippen LogP contribution in [0.15, 0.2) is 33.9 Å². The highest BCUT2D eigenvalue weighted by Gasteiger charge is 2.18. The molecule has 2 aromatic carbocycles. The van der Waals surface area contributed by atoms with Gasteiger partial charge < -0.3 is 15.0 Å². The minimum absolute atomic E-state index is 0.0166. The second-order valence-corrected chi connectivity index (χ2v) is 6.07. The van der Waals surface area contributed by atoms with Crippen molar-refractivity contribution in [1.82, 2.24) is 15.3 Å². The second-order valence-electron chi connectivity index (χ2n) is 5.66. The number of urea groups is 1. The summed E-state index contributed by atoms with van der Waals surface area (Å²) in [5.41, 5.74) is -1.76. The van der Waals surface area contributed by atoms with Gasteiger partial charge in [-0.15, -0.1) is 0 Å². The molecule has 4 N–H and O–H groups in total. The first kappa shape index (κ1) is 20.0. The Morgan fingerprint density at radius 3 is 2.45 bits per heavy atom. The minimum Gasteiger partial charge on any atom is -0.495 e. The molecule has 0 spiro atoms. The Morgan fingerprint density at radius 1 is 1.07 bits per heavy atom. The topological polar surface area (TPSA) is 133 Å². The van der Waals surface area contributed by atoms with Crippen molar-refractivity contribution in [2.45, 2.75) is 0 Å². The third-order valence-electron chi connectivity index (χ3n) is 3.79. The molecule has 0 fully saturated rings. The van der Waals surface area contributed by atoms with E-state index in [4.69, 9.17) is 16.3 Å². The summed E-state index contributed by atoms with van der Waals surface area (Å²) < 4.78 is 31.5. The van der Waals surface area contributed by atoms with Gasteiger partial charge in [-0.05, 0) is 24.3 Å². The fraction of sp³-hybridized carbons (Fsp3) is 0.0588. The molecule has 0 radical (unpaired) electrons. The van der Waals surface area contributed by atoms with Crippen LogP contribution >= 0.6 is 11.6 Å². The van der Waals surface area contributed by atoms with Crippen LogP contribution in [0.25, 0.3) is 10.9 Å². The number of amides is 3. The number of carbonyl (C=O) groups excluding carboxylic acids is 2. The van der Waals surface area contributed by atoms with Gasteiger partial charge in [-0.2, -0.15) is 0 Å². The van der Waals surface area contributed by atoms with E-state index in [9.17, 15) is 28.0 Å². The van der Waals surface area contributed by atoms with E-state index in [1.54, 1.807) is 0 Å². The number of ether oxygens (including phenoxy) is 1. The molecule has 1 aromatic heterocycles.